The van der Waals surface area contributed by atoms with Gasteiger partial charge in [-0.25, -0.2) is 0 Å². The Balaban J connectivity index is 1.88. The van der Waals surface area contributed by atoms with Crippen LogP contribution in [0, 0.1) is 0 Å². The second-order valence-electron chi connectivity index (χ2n) is 5.77. The Morgan fingerprint density at radius 1 is 1.15 bits per heavy atom. The van der Waals surface area contributed by atoms with Crippen molar-refractivity contribution in [2.24, 2.45) is 0 Å². The lowest BCUT2D eigenvalue weighted by Crippen LogP contribution is -2.44. The van der Waals surface area contributed by atoms with Crippen molar-refractivity contribution in [1.29, 1.82) is 0 Å². The molecule has 0 aromatic carbocycles. The fraction of sp³-hybridized carbons (Fsp3) is 0.867. The van der Waals surface area contributed by atoms with Crippen LogP contribution in [0.15, 0.2) is 0 Å². The van der Waals surface area contributed by atoms with E-state index in [9.17, 15) is 9.59 Å². The molecule has 0 N–H and O–H groups in total. The number of rotatable bonds is 6. The Morgan fingerprint density at radius 2 is 1.90 bits per heavy atom. The molecule has 0 aromatic heterocycles. The van der Waals surface area contributed by atoms with Gasteiger partial charge in [0.05, 0.1) is 6.54 Å². The normalized spacial score (nSPS) is 22.1. The lowest BCUT2D eigenvalue weighted by molar-refractivity contribution is -0.152. The van der Waals surface area contributed by atoms with Gasteiger partial charge in [-0.3, -0.25) is 14.5 Å². The number of amides is 1. The van der Waals surface area contributed by atoms with E-state index in [1.165, 1.54) is 19.3 Å². The predicted octanol–water partition coefficient (Wildman–Crippen LogP) is 1.42. The van der Waals surface area contributed by atoms with Crippen LogP contribution in [-0.2, 0) is 14.3 Å². The molecule has 2 aliphatic rings. The topological polar surface area (TPSA) is 49.9 Å². The van der Waals surface area contributed by atoms with E-state index >= 15 is 0 Å². The molecule has 0 aliphatic carbocycles. The van der Waals surface area contributed by atoms with E-state index in [1.807, 2.05) is 4.90 Å². The number of hydrogen-bond donors (Lipinski definition) is 0. The molecule has 0 saturated carbocycles. The van der Waals surface area contributed by atoms with Gasteiger partial charge in [-0.15, -0.1) is 0 Å². The third-order valence-electron chi connectivity index (χ3n) is 4.09. The molecule has 20 heavy (non-hydrogen) atoms. The van der Waals surface area contributed by atoms with Crippen molar-refractivity contribution in [2.75, 3.05) is 32.7 Å². The molecular weight excluding hydrogens is 256 g/mol. The van der Waals surface area contributed by atoms with Crippen LogP contribution < -0.4 is 0 Å². The van der Waals surface area contributed by atoms with Gasteiger partial charge in [0.15, 0.2) is 0 Å². The maximum atomic E-state index is 11.7. The zero-order valence-corrected chi connectivity index (χ0v) is 12.5. The standard InChI is InChI=1S/C15H26N2O3/c1-2-15(19)20-13(11-16-8-4-3-5-9-16)12-17-10-6-7-14(17)18/h13H,2-12H2,1H3/t13-/m1/s1. The molecule has 1 atom stereocenters. The van der Waals surface area contributed by atoms with Gasteiger partial charge in [-0.2, -0.15) is 0 Å². The van der Waals surface area contributed by atoms with Crippen LogP contribution in [0.4, 0.5) is 0 Å². The van der Waals surface area contributed by atoms with E-state index in [1.54, 1.807) is 6.92 Å². The number of esters is 1. The summed E-state index contributed by atoms with van der Waals surface area (Å²) < 4.78 is 5.54. The van der Waals surface area contributed by atoms with Crippen LogP contribution in [0.1, 0.15) is 45.4 Å². The Kier molecular flexibility index (Phi) is 5.83. The Hall–Kier alpha value is -1.10. The molecule has 0 unspecified atom stereocenters. The predicted molar refractivity (Wildman–Crippen MR) is 76.3 cm³/mol. The van der Waals surface area contributed by atoms with Crippen LogP contribution >= 0.6 is 0 Å². The maximum absolute atomic E-state index is 11.7. The van der Waals surface area contributed by atoms with E-state index in [0.29, 0.717) is 19.4 Å². The molecule has 2 saturated heterocycles. The molecule has 0 bridgehead atoms. The number of piperidine rings is 1. The lowest BCUT2D eigenvalue weighted by atomic mass is 10.1. The van der Waals surface area contributed by atoms with Crippen molar-refractivity contribution in [3.8, 4) is 0 Å². The molecule has 0 aromatic rings. The first-order valence-corrected chi connectivity index (χ1v) is 7.88. The zero-order valence-electron chi connectivity index (χ0n) is 12.5. The third-order valence-corrected chi connectivity index (χ3v) is 4.09. The fourth-order valence-electron chi connectivity index (χ4n) is 2.97. The van der Waals surface area contributed by atoms with Gasteiger partial charge in [-0.1, -0.05) is 13.3 Å². The van der Waals surface area contributed by atoms with Gasteiger partial charge >= 0.3 is 5.97 Å². The van der Waals surface area contributed by atoms with Crippen molar-refractivity contribution < 1.29 is 14.3 Å². The van der Waals surface area contributed by atoms with Crippen molar-refractivity contribution in [3.63, 3.8) is 0 Å². The fourth-order valence-corrected chi connectivity index (χ4v) is 2.97. The summed E-state index contributed by atoms with van der Waals surface area (Å²) >= 11 is 0. The average molecular weight is 282 g/mol. The number of ether oxygens (including phenoxy) is 1. The van der Waals surface area contributed by atoms with E-state index in [-0.39, 0.29) is 18.0 Å². The highest BCUT2D eigenvalue weighted by Gasteiger charge is 2.27. The van der Waals surface area contributed by atoms with Crippen LogP contribution in [-0.4, -0.2) is 60.5 Å². The first-order valence-electron chi connectivity index (χ1n) is 7.88. The van der Waals surface area contributed by atoms with Gasteiger partial charge in [0.2, 0.25) is 5.91 Å². The molecule has 0 radical (unpaired) electrons. The second kappa shape index (κ2) is 7.62. The smallest absolute Gasteiger partial charge is 0.305 e. The Morgan fingerprint density at radius 3 is 2.50 bits per heavy atom. The molecule has 5 heteroatoms. The third kappa shape index (κ3) is 4.47. The lowest BCUT2D eigenvalue weighted by Gasteiger charge is -2.32. The van der Waals surface area contributed by atoms with Gasteiger partial charge in [-0.05, 0) is 32.4 Å². The highest BCUT2D eigenvalue weighted by atomic mass is 16.5. The molecule has 2 aliphatic heterocycles. The number of likely N-dealkylation sites (tertiary alicyclic amines) is 2. The monoisotopic (exact) mass is 282 g/mol. The van der Waals surface area contributed by atoms with Gasteiger partial charge in [0, 0.05) is 25.9 Å². The molecular formula is C15H26N2O3. The van der Waals surface area contributed by atoms with Crippen LogP contribution in [0.25, 0.3) is 0 Å². The molecule has 2 heterocycles. The first kappa shape index (κ1) is 15.3. The van der Waals surface area contributed by atoms with Crippen LogP contribution in [0.2, 0.25) is 0 Å². The second-order valence-corrected chi connectivity index (χ2v) is 5.77. The molecule has 2 fully saturated rings. The van der Waals surface area contributed by atoms with E-state index in [0.717, 1.165) is 32.6 Å². The van der Waals surface area contributed by atoms with Gasteiger partial charge < -0.3 is 9.64 Å². The first-order chi connectivity index (χ1) is 9.69. The molecule has 1 amide bonds. The number of carbonyl (C=O) groups excluding carboxylic acids is 2. The van der Waals surface area contributed by atoms with Gasteiger partial charge in [0.1, 0.15) is 6.10 Å². The summed E-state index contributed by atoms with van der Waals surface area (Å²) in [7, 11) is 0. The number of carbonyl (C=O) groups is 2. The van der Waals surface area contributed by atoms with Crippen molar-refractivity contribution >= 4 is 11.9 Å². The highest BCUT2D eigenvalue weighted by Crippen LogP contribution is 2.14. The maximum Gasteiger partial charge on any atom is 0.305 e. The molecule has 2 rings (SSSR count). The minimum atomic E-state index is -0.178. The molecule has 0 spiro atoms. The Labute approximate surface area is 121 Å². The number of nitrogens with zero attached hydrogens (tertiary/aromatic N) is 2. The van der Waals surface area contributed by atoms with Crippen molar-refractivity contribution in [3.05, 3.63) is 0 Å². The molecule has 5 nitrogen and oxygen atoms in total. The minimum absolute atomic E-state index is 0.168. The largest absolute Gasteiger partial charge is 0.459 e. The highest BCUT2D eigenvalue weighted by molar-refractivity contribution is 5.78. The summed E-state index contributed by atoms with van der Waals surface area (Å²) in [6.07, 6.45) is 5.51. The van der Waals surface area contributed by atoms with Crippen LogP contribution in [0.3, 0.4) is 0 Å². The summed E-state index contributed by atoms with van der Waals surface area (Å²) in [6.45, 7) is 6.08. The van der Waals surface area contributed by atoms with Crippen molar-refractivity contribution in [1.82, 2.24) is 9.80 Å². The minimum Gasteiger partial charge on any atom is -0.459 e. The summed E-state index contributed by atoms with van der Waals surface area (Å²) in [5.74, 6) is 0.0276. The van der Waals surface area contributed by atoms with E-state index in [4.69, 9.17) is 4.74 Å². The van der Waals surface area contributed by atoms with E-state index < -0.39 is 0 Å². The summed E-state index contributed by atoms with van der Waals surface area (Å²) in [5.41, 5.74) is 0. The summed E-state index contributed by atoms with van der Waals surface area (Å²) in [6, 6.07) is 0. The van der Waals surface area contributed by atoms with E-state index in [2.05, 4.69) is 4.90 Å². The Bertz CT molecular complexity index is 340. The van der Waals surface area contributed by atoms with Crippen LogP contribution in [0.5, 0.6) is 0 Å². The summed E-state index contributed by atoms with van der Waals surface area (Å²) in [4.78, 5) is 27.5. The quantitative estimate of drug-likeness (QED) is 0.691. The SMILES string of the molecule is CCC(=O)O[C@H](CN1CCCCC1)CN1CCCC1=O. The van der Waals surface area contributed by atoms with Gasteiger partial charge in [0.25, 0.3) is 0 Å². The number of hydrogen-bond acceptors (Lipinski definition) is 4. The molecule has 114 valence electrons. The summed E-state index contributed by atoms with van der Waals surface area (Å²) in [5, 5.41) is 0. The zero-order chi connectivity index (χ0) is 14.4. The average Bonchev–Trinajstić information content (AvgIpc) is 2.85. The van der Waals surface area contributed by atoms with Crippen molar-refractivity contribution in [2.45, 2.75) is 51.6 Å².